The van der Waals surface area contributed by atoms with Crippen molar-refractivity contribution in [2.24, 2.45) is 4.99 Å². The van der Waals surface area contributed by atoms with Crippen molar-refractivity contribution in [2.75, 3.05) is 13.7 Å². The summed E-state index contributed by atoms with van der Waals surface area (Å²) in [5, 5.41) is 0. The number of cyclic esters (lactones) is 1. The Bertz CT molecular complexity index is 889. The molecule has 0 spiro atoms. The number of ether oxygens (including phenoxy) is 3. The molecule has 0 aromatic heterocycles. The Balaban J connectivity index is 1.89. The summed E-state index contributed by atoms with van der Waals surface area (Å²) in [4.78, 5) is 16.5. The second kappa shape index (κ2) is 8.19. The highest BCUT2D eigenvalue weighted by Gasteiger charge is 2.25. The van der Waals surface area contributed by atoms with Crippen LogP contribution in [0.3, 0.4) is 0 Å². The van der Waals surface area contributed by atoms with Crippen LogP contribution in [0.25, 0.3) is 6.08 Å². The largest absolute Gasteiger partial charge is 0.493 e. The van der Waals surface area contributed by atoms with E-state index in [0.717, 1.165) is 22.0 Å². The normalized spacial score (nSPS) is 15.0. The van der Waals surface area contributed by atoms with Crippen LogP contribution in [0.5, 0.6) is 11.5 Å². The molecule has 1 aliphatic heterocycles. The highest BCUT2D eigenvalue weighted by molar-refractivity contribution is 9.10. The predicted molar refractivity (Wildman–Crippen MR) is 104 cm³/mol. The lowest BCUT2D eigenvalue weighted by Crippen LogP contribution is -2.05. The quantitative estimate of drug-likeness (QED) is 0.511. The molecule has 0 radical (unpaired) electrons. The third-order valence-electron chi connectivity index (χ3n) is 3.68. The fourth-order valence-corrected chi connectivity index (χ4v) is 2.88. The smallest absolute Gasteiger partial charge is 0.363 e. The molecule has 0 atom stereocenters. The van der Waals surface area contributed by atoms with Crippen molar-refractivity contribution in [1.29, 1.82) is 0 Å². The predicted octanol–water partition coefficient (Wildman–Crippen LogP) is 4.59. The van der Waals surface area contributed by atoms with Crippen molar-refractivity contribution >= 4 is 33.9 Å². The molecule has 134 valence electrons. The maximum Gasteiger partial charge on any atom is 0.363 e. The van der Waals surface area contributed by atoms with Crippen molar-refractivity contribution < 1.29 is 19.0 Å². The molecule has 0 amide bonds. The van der Waals surface area contributed by atoms with Gasteiger partial charge in [-0.1, -0.05) is 25.1 Å². The highest BCUT2D eigenvalue weighted by Crippen LogP contribution is 2.30. The summed E-state index contributed by atoms with van der Waals surface area (Å²) in [5.41, 5.74) is 1.74. The van der Waals surface area contributed by atoms with Crippen molar-refractivity contribution in [3.8, 4) is 11.5 Å². The van der Waals surface area contributed by atoms with E-state index in [-0.39, 0.29) is 11.6 Å². The second-order valence-electron chi connectivity index (χ2n) is 5.57. The standard InChI is InChI=1S/C20H18BrNO4/c1-3-10-25-17-9-8-13(12-18(17)24-2)11-16-20(23)26-19(22-16)14-6-4-5-7-15(14)21/h4-9,11-12H,3,10H2,1-2H3. The number of methoxy groups -OCH3 is 1. The van der Waals surface area contributed by atoms with E-state index in [0.29, 0.717) is 18.1 Å². The minimum absolute atomic E-state index is 0.236. The van der Waals surface area contributed by atoms with Gasteiger partial charge in [-0.3, -0.25) is 0 Å². The maximum absolute atomic E-state index is 12.2. The summed E-state index contributed by atoms with van der Waals surface area (Å²) in [5.74, 6) is 1.07. The summed E-state index contributed by atoms with van der Waals surface area (Å²) in [6, 6.07) is 12.9. The van der Waals surface area contributed by atoms with Crippen molar-refractivity contribution in [1.82, 2.24) is 0 Å². The zero-order valence-corrected chi connectivity index (χ0v) is 16.1. The second-order valence-corrected chi connectivity index (χ2v) is 6.43. The number of esters is 1. The molecule has 2 aromatic rings. The van der Waals surface area contributed by atoms with Crippen LogP contribution in [-0.4, -0.2) is 25.6 Å². The van der Waals surface area contributed by atoms with Gasteiger partial charge in [-0.15, -0.1) is 0 Å². The van der Waals surface area contributed by atoms with Crippen molar-refractivity contribution in [2.45, 2.75) is 13.3 Å². The number of aliphatic imine (C=N–C) groups is 1. The number of nitrogens with zero attached hydrogens (tertiary/aromatic N) is 1. The number of halogens is 1. The molecular formula is C20H18BrNO4. The molecule has 0 fully saturated rings. The molecule has 0 saturated carbocycles. The van der Waals surface area contributed by atoms with Gasteiger partial charge < -0.3 is 14.2 Å². The van der Waals surface area contributed by atoms with E-state index in [2.05, 4.69) is 20.9 Å². The molecule has 0 N–H and O–H groups in total. The molecule has 0 bridgehead atoms. The van der Waals surface area contributed by atoms with E-state index in [4.69, 9.17) is 14.2 Å². The minimum atomic E-state index is -0.485. The van der Waals surface area contributed by atoms with Crippen LogP contribution in [0.1, 0.15) is 24.5 Å². The molecule has 1 heterocycles. The van der Waals surface area contributed by atoms with Gasteiger partial charge in [-0.25, -0.2) is 9.79 Å². The molecule has 1 aliphatic rings. The van der Waals surface area contributed by atoms with E-state index >= 15 is 0 Å². The van der Waals surface area contributed by atoms with Crippen LogP contribution in [0.15, 0.2) is 57.6 Å². The lowest BCUT2D eigenvalue weighted by Gasteiger charge is -2.10. The molecule has 5 nitrogen and oxygen atoms in total. The summed E-state index contributed by atoms with van der Waals surface area (Å²) >= 11 is 3.44. The molecule has 26 heavy (non-hydrogen) atoms. The fraction of sp³-hybridized carbons (Fsp3) is 0.200. The van der Waals surface area contributed by atoms with Crippen LogP contribution in [-0.2, 0) is 9.53 Å². The van der Waals surface area contributed by atoms with Gasteiger partial charge >= 0.3 is 5.97 Å². The van der Waals surface area contributed by atoms with Gasteiger partial charge in [0.05, 0.1) is 19.3 Å². The lowest BCUT2D eigenvalue weighted by molar-refractivity contribution is -0.129. The zero-order chi connectivity index (χ0) is 18.5. The Morgan fingerprint density at radius 2 is 2.00 bits per heavy atom. The van der Waals surface area contributed by atoms with Crippen molar-refractivity contribution in [3.63, 3.8) is 0 Å². The summed E-state index contributed by atoms with van der Waals surface area (Å²) < 4.78 is 17.1. The van der Waals surface area contributed by atoms with Crippen LogP contribution in [0.4, 0.5) is 0 Å². The summed E-state index contributed by atoms with van der Waals surface area (Å²) in [7, 11) is 1.58. The first-order chi connectivity index (χ1) is 12.6. The Kier molecular flexibility index (Phi) is 5.73. The fourth-order valence-electron chi connectivity index (χ4n) is 2.42. The van der Waals surface area contributed by atoms with Gasteiger partial charge in [0.25, 0.3) is 0 Å². The number of carbonyl (C=O) groups excluding carboxylic acids is 1. The number of hydrogen-bond acceptors (Lipinski definition) is 5. The van der Waals surface area contributed by atoms with Crippen LogP contribution in [0.2, 0.25) is 0 Å². The van der Waals surface area contributed by atoms with Gasteiger partial charge in [0.2, 0.25) is 5.90 Å². The van der Waals surface area contributed by atoms with Gasteiger partial charge in [0.15, 0.2) is 17.2 Å². The lowest BCUT2D eigenvalue weighted by atomic mass is 10.1. The Labute approximate surface area is 160 Å². The SMILES string of the molecule is CCCOc1ccc(C=C2N=C(c3ccccc3Br)OC2=O)cc1OC. The van der Waals surface area contributed by atoms with E-state index in [9.17, 15) is 4.79 Å². The summed E-state index contributed by atoms with van der Waals surface area (Å²) in [6.45, 7) is 2.65. The third-order valence-corrected chi connectivity index (χ3v) is 4.37. The van der Waals surface area contributed by atoms with Gasteiger partial charge in [0.1, 0.15) is 0 Å². The zero-order valence-electron chi connectivity index (χ0n) is 14.5. The molecule has 0 aliphatic carbocycles. The summed E-state index contributed by atoms with van der Waals surface area (Å²) in [6.07, 6.45) is 2.58. The monoisotopic (exact) mass is 415 g/mol. The van der Waals surface area contributed by atoms with Crippen LogP contribution < -0.4 is 9.47 Å². The first-order valence-corrected chi connectivity index (χ1v) is 9.00. The van der Waals surface area contributed by atoms with Gasteiger partial charge in [-0.2, -0.15) is 0 Å². The molecule has 0 saturated heterocycles. The van der Waals surface area contributed by atoms with E-state index in [1.54, 1.807) is 19.3 Å². The molecule has 2 aromatic carbocycles. The molecule has 3 rings (SSSR count). The average molecular weight is 416 g/mol. The number of hydrogen-bond donors (Lipinski definition) is 0. The maximum atomic E-state index is 12.2. The Hall–Kier alpha value is -2.60. The van der Waals surface area contributed by atoms with E-state index < -0.39 is 5.97 Å². The van der Waals surface area contributed by atoms with Gasteiger partial charge in [0, 0.05) is 4.47 Å². The number of carbonyl (C=O) groups is 1. The topological polar surface area (TPSA) is 57.1 Å². The molecular weight excluding hydrogens is 398 g/mol. The van der Waals surface area contributed by atoms with E-state index in [1.165, 1.54) is 0 Å². The third kappa shape index (κ3) is 3.96. The van der Waals surface area contributed by atoms with Gasteiger partial charge in [-0.05, 0) is 58.3 Å². The number of rotatable bonds is 6. The minimum Gasteiger partial charge on any atom is -0.493 e. The van der Waals surface area contributed by atoms with Crippen LogP contribution in [0, 0.1) is 0 Å². The highest BCUT2D eigenvalue weighted by atomic mass is 79.9. The van der Waals surface area contributed by atoms with E-state index in [1.807, 2.05) is 43.3 Å². The first kappa shape index (κ1) is 18.2. The molecule has 6 heteroatoms. The van der Waals surface area contributed by atoms with Crippen LogP contribution >= 0.6 is 15.9 Å². The van der Waals surface area contributed by atoms with Crippen molar-refractivity contribution in [3.05, 3.63) is 63.8 Å². The Morgan fingerprint density at radius 3 is 2.73 bits per heavy atom. The average Bonchev–Trinajstić information content (AvgIpc) is 3.01. The first-order valence-electron chi connectivity index (χ1n) is 8.20. The Morgan fingerprint density at radius 1 is 1.19 bits per heavy atom. The number of benzene rings is 2. The molecule has 0 unspecified atom stereocenters.